The molecule has 0 saturated heterocycles. The number of anilines is 2. The van der Waals surface area contributed by atoms with Gasteiger partial charge < -0.3 is 20.1 Å². The predicted molar refractivity (Wildman–Crippen MR) is 170 cm³/mol. The molecule has 0 fully saturated rings. The number of ketones is 1. The molecule has 0 spiro atoms. The lowest BCUT2D eigenvalue weighted by molar-refractivity contribution is -0.137. The Hall–Kier alpha value is -4.58. The summed E-state index contributed by atoms with van der Waals surface area (Å²) >= 11 is 0. The number of para-hydroxylation sites is 2. The first-order chi connectivity index (χ1) is 20.3. The molecule has 0 heterocycles. The number of ether oxygens (including phenoxy) is 1. The Balaban J connectivity index is 1.34. The molecule has 4 aromatic carbocycles. The number of carbonyl (C=O) groups is 2. The van der Waals surface area contributed by atoms with Crippen molar-refractivity contribution in [3.8, 4) is 5.75 Å². The van der Waals surface area contributed by atoms with E-state index in [1.54, 1.807) is 36.4 Å². The van der Waals surface area contributed by atoms with Gasteiger partial charge in [-0.1, -0.05) is 86.6 Å². The zero-order valence-electron chi connectivity index (χ0n) is 24.6. The van der Waals surface area contributed by atoms with Crippen LogP contribution in [0.1, 0.15) is 47.3 Å². The van der Waals surface area contributed by atoms with Crippen LogP contribution in [0.15, 0.2) is 103 Å². The van der Waals surface area contributed by atoms with E-state index in [9.17, 15) is 14.7 Å². The van der Waals surface area contributed by atoms with Crippen LogP contribution in [-0.4, -0.2) is 42.6 Å². The van der Waals surface area contributed by atoms with Crippen molar-refractivity contribution in [2.75, 3.05) is 29.9 Å². The topological polar surface area (TPSA) is 78.9 Å². The van der Waals surface area contributed by atoms with Gasteiger partial charge in [-0.15, -0.1) is 0 Å². The largest absolute Gasteiger partial charge is 0.494 e. The van der Waals surface area contributed by atoms with Gasteiger partial charge in [-0.05, 0) is 60.7 Å². The van der Waals surface area contributed by atoms with Gasteiger partial charge in [0.05, 0.1) is 6.61 Å². The smallest absolute Gasteiger partial charge is 0.326 e. The average molecular weight is 565 g/mol. The number of rotatable bonds is 15. The molecule has 0 bridgehead atoms. The molecule has 4 aromatic rings. The summed E-state index contributed by atoms with van der Waals surface area (Å²) in [6.45, 7) is 9.09. The van der Waals surface area contributed by atoms with Crippen molar-refractivity contribution in [3.63, 3.8) is 0 Å². The van der Waals surface area contributed by atoms with E-state index < -0.39 is 12.0 Å². The SMILES string of the molecule is Cc1ccccc1N(CCCOc1ccc(CC(Nc2ccccc2C(=O)c2ccccc2)C(=O)O)cc1)CC(C)C. The monoisotopic (exact) mass is 564 g/mol. The van der Waals surface area contributed by atoms with Gasteiger partial charge in [-0.2, -0.15) is 0 Å². The molecule has 42 heavy (non-hydrogen) atoms. The highest BCUT2D eigenvalue weighted by molar-refractivity contribution is 6.12. The second-order valence-corrected chi connectivity index (χ2v) is 11.0. The molecule has 1 unspecified atom stereocenters. The maximum Gasteiger partial charge on any atom is 0.326 e. The molecule has 0 aliphatic carbocycles. The van der Waals surface area contributed by atoms with Gasteiger partial charge in [-0.3, -0.25) is 4.79 Å². The number of carboxylic acid groups (broad SMARTS) is 1. The lowest BCUT2D eigenvalue weighted by Gasteiger charge is -2.28. The number of hydrogen-bond donors (Lipinski definition) is 2. The second-order valence-electron chi connectivity index (χ2n) is 11.0. The molecule has 218 valence electrons. The summed E-state index contributed by atoms with van der Waals surface area (Å²) in [5.41, 5.74) is 4.89. The molecule has 0 radical (unpaired) electrons. The van der Waals surface area contributed by atoms with Crippen molar-refractivity contribution in [1.29, 1.82) is 0 Å². The fourth-order valence-corrected chi connectivity index (χ4v) is 5.01. The van der Waals surface area contributed by atoms with Gasteiger partial charge in [0.15, 0.2) is 5.78 Å². The van der Waals surface area contributed by atoms with E-state index in [1.165, 1.54) is 11.3 Å². The highest BCUT2D eigenvalue weighted by Gasteiger charge is 2.21. The zero-order valence-corrected chi connectivity index (χ0v) is 24.6. The Morgan fingerprint density at radius 3 is 2.21 bits per heavy atom. The minimum absolute atomic E-state index is 0.157. The summed E-state index contributed by atoms with van der Waals surface area (Å²) in [6.07, 6.45) is 1.14. The molecule has 6 nitrogen and oxygen atoms in total. The van der Waals surface area contributed by atoms with Crippen LogP contribution in [0, 0.1) is 12.8 Å². The van der Waals surface area contributed by atoms with Crippen molar-refractivity contribution in [2.24, 2.45) is 5.92 Å². The number of aryl methyl sites for hydroxylation is 1. The number of benzene rings is 4. The molecule has 1 atom stereocenters. The minimum atomic E-state index is -0.989. The van der Waals surface area contributed by atoms with E-state index in [-0.39, 0.29) is 12.2 Å². The molecular weight excluding hydrogens is 524 g/mol. The first-order valence-electron chi connectivity index (χ1n) is 14.5. The van der Waals surface area contributed by atoms with Crippen LogP contribution < -0.4 is 15.0 Å². The first kappa shape index (κ1) is 30.4. The summed E-state index contributed by atoms with van der Waals surface area (Å²) in [4.78, 5) is 27.7. The zero-order chi connectivity index (χ0) is 29.9. The van der Waals surface area contributed by atoms with Crippen molar-refractivity contribution < 1.29 is 19.4 Å². The third-order valence-electron chi connectivity index (χ3n) is 7.08. The molecule has 0 aliphatic rings. The van der Waals surface area contributed by atoms with Crippen LogP contribution >= 0.6 is 0 Å². The molecule has 0 aromatic heterocycles. The number of nitrogens with one attached hydrogen (secondary N) is 1. The highest BCUT2D eigenvalue weighted by Crippen LogP contribution is 2.23. The number of hydrogen-bond acceptors (Lipinski definition) is 5. The van der Waals surface area contributed by atoms with Crippen molar-refractivity contribution in [3.05, 3.63) is 125 Å². The van der Waals surface area contributed by atoms with Crippen LogP contribution in [0.25, 0.3) is 0 Å². The summed E-state index contributed by atoms with van der Waals surface area (Å²) in [5, 5.41) is 13.1. The number of carboxylic acids is 1. The molecule has 6 heteroatoms. The van der Waals surface area contributed by atoms with E-state index in [1.807, 2.05) is 42.5 Å². The quantitative estimate of drug-likeness (QED) is 0.117. The Kier molecular flexibility index (Phi) is 10.8. The normalized spacial score (nSPS) is 11.6. The predicted octanol–water partition coefficient (Wildman–Crippen LogP) is 7.27. The molecule has 0 amide bonds. The second kappa shape index (κ2) is 14.9. The van der Waals surface area contributed by atoms with Crippen LogP contribution in [0.4, 0.5) is 11.4 Å². The summed E-state index contributed by atoms with van der Waals surface area (Å²) in [6, 6.07) is 31.1. The van der Waals surface area contributed by atoms with Crippen LogP contribution in [0.5, 0.6) is 5.75 Å². The molecule has 4 rings (SSSR count). The Labute approximate surface area is 249 Å². The van der Waals surface area contributed by atoms with E-state index in [2.05, 4.69) is 55.3 Å². The van der Waals surface area contributed by atoms with Gasteiger partial charge >= 0.3 is 5.97 Å². The van der Waals surface area contributed by atoms with Crippen LogP contribution in [0.2, 0.25) is 0 Å². The van der Waals surface area contributed by atoms with E-state index >= 15 is 0 Å². The van der Waals surface area contributed by atoms with E-state index in [0.717, 1.165) is 30.8 Å². The third-order valence-corrected chi connectivity index (χ3v) is 7.08. The van der Waals surface area contributed by atoms with Crippen molar-refractivity contribution in [2.45, 2.75) is 39.7 Å². The minimum Gasteiger partial charge on any atom is -0.494 e. The number of nitrogens with zero attached hydrogens (tertiary/aromatic N) is 1. The lowest BCUT2D eigenvalue weighted by atomic mass is 10.00. The molecule has 2 N–H and O–H groups in total. The molecule has 0 aliphatic heterocycles. The van der Waals surface area contributed by atoms with Crippen LogP contribution in [0.3, 0.4) is 0 Å². The first-order valence-corrected chi connectivity index (χ1v) is 14.5. The van der Waals surface area contributed by atoms with Gasteiger partial charge in [0.25, 0.3) is 0 Å². The van der Waals surface area contributed by atoms with E-state index in [4.69, 9.17) is 4.74 Å². The van der Waals surface area contributed by atoms with Crippen molar-refractivity contribution >= 4 is 23.1 Å². The Morgan fingerprint density at radius 1 is 0.857 bits per heavy atom. The molecular formula is C36H40N2O4. The summed E-state index contributed by atoms with van der Waals surface area (Å²) in [7, 11) is 0. The van der Waals surface area contributed by atoms with Gasteiger partial charge in [0.2, 0.25) is 0 Å². The third kappa shape index (κ3) is 8.46. The van der Waals surface area contributed by atoms with Gasteiger partial charge in [0, 0.05) is 42.0 Å². The number of carbonyl (C=O) groups excluding carboxylic acids is 1. The average Bonchev–Trinajstić information content (AvgIpc) is 2.99. The van der Waals surface area contributed by atoms with Crippen molar-refractivity contribution in [1.82, 2.24) is 0 Å². The Morgan fingerprint density at radius 2 is 1.52 bits per heavy atom. The maximum absolute atomic E-state index is 13.1. The highest BCUT2D eigenvalue weighted by atomic mass is 16.5. The number of aliphatic carboxylic acids is 1. The van der Waals surface area contributed by atoms with Gasteiger partial charge in [0.1, 0.15) is 11.8 Å². The molecule has 0 saturated carbocycles. The Bertz CT molecular complexity index is 1450. The summed E-state index contributed by atoms with van der Waals surface area (Å²) < 4.78 is 6.02. The summed E-state index contributed by atoms with van der Waals surface area (Å²) in [5.74, 6) is 0.163. The fourth-order valence-electron chi connectivity index (χ4n) is 5.01. The van der Waals surface area contributed by atoms with Gasteiger partial charge in [-0.25, -0.2) is 4.79 Å². The van der Waals surface area contributed by atoms with Crippen LogP contribution in [-0.2, 0) is 11.2 Å². The van der Waals surface area contributed by atoms with E-state index in [0.29, 0.717) is 29.3 Å². The maximum atomic E-state index is 13.1. The lowest BCUT2D eigenvalue weighted by Crippen LogP contribution is -2.32. The fraction of sp³-hybridized carbons (Fsp3) is 0.278. The standard InChI is InChI=1S/C36H40N2O4/c1-26(2)25-38(34-17-10-7-12-27(34)3)22-11-23-42-30-20-18-28(19-21-30)24-33(36(40)41)37-32-16-9-8-15-31(32)35(39)29-13-5-4-6-14-29/h4-10,12-21,26,33,37H,11,22-25H2,1-3H3,(H,40,41).